The Morgan fingerprint density at radius 1 is 1.20 bits per heavy atom. The van der Waals surface area contributed by atoms with Gasteiger partial charge in [0.15, 0.2) is 6.61 Å². The lowest BCUT2D eigenvalue weighted by Gasteiger charge is -2.19. The summed E-state index contributed by atoms with van der Waals surface area (Å²) in [6, 6.07) is 3.26. The summed E-state index contributed by atoms with van der Waals surface area (Å²) < 4.78 is 81.2. The van der Waals surface area contributed by atoms with Crippen LogP contribution in [0, 0.1) is 5.82 Å². The molecule has 0 saturated heterocycles. The quantitative estimate of drug-likeness (QED) is 0.650. The molecule has 0 bridgehead atoms. The van der Waals surface area contributed by atoms with Crippen molar-refractivity contribution in [2.75, 3.05) is 19.5 Å². The van der Waals surface area contributed by atoms with E-state index >= 15 is 0 Å². The van der Waals surface area contributed by atoms with Gasteiger partial charge in [-0.1, -0.05) is 0 Å². The summed E-state index contributed by atoms with van der Waals surface area (Å²) >= 11 is 0. The van der Waals surface area contributed by atoms with Gasteiger partial charge in [0.1, 0.15) is 24.2 Å². The van der Waals surface area contributed by atoms with Crippen LogP contribution in [0.15, 0.2) is 30.6 Å². The van der Waals surface area contributed by atoms with E-state index in [9.17, 15) is 26.3 Å². The Morgan fingerprint density at radius 2 is 1.88 bits per heavy atom. The molecule has 0 saturated carbocycles. The zero-order valence-corrected chi connectivity index (χ0v) is 12.6. The lowest BCUT2D eigenvalue weighted by atomic mass is 10.2. The maximum absolute atomic E-state index is 14.0. The molecule has 0 fully saturated rings. The first-order valence-corrected chi connectivity index (χ1v) is 6.64. The van der Waals surface area contributed by atoms with Gasteiger partial charge in [-0.15, -0.1) is 0 Å². The van der Waals surface area contributed by atoms with E-state index in [-0.39, 0.29) is 22.8 Å². The van der Waals surface area contributed by atoms with E-state index in [1.165, 1.54) is 19.4 Å². The Kier molecular flexibility index (Phi) is 4.95. The number of nitrogen functional groups attached to an aromatic ring is 1. The fourth-order valence-electron chi connectivity index (χ4n) is 1.80. The predicted octanol–water partition coefficient (Wildman–Crippen LogP) is 2.39. The number of ether oxygens (including phenoxy) is 1. The van der Waals surface area contributed by atoms with E-state index < -0.39 is 24.5 Å². The predicted molar refractivity (Wildman–Crippen MR) is 73.2 cm³/mol. The number of nitrogens with two attached hydrogens (primary N) is 1. The monoisotopic (exact) mass is 368 g/mol. The Labute approximate surface area is 137 Å². The topological polar surface area (TPSA) is 61.2 Å². The minimum absolute atomic E-state index is 0.0225. The highest BCUT2D eigenvalue weighted by atomic mass is 19.4. The molecule has 136 valence electrons. The molecule has 25 heavy (non-hydrogen) atoms. The summed E-state index contributed by atoms with van der Waals surface area (Å²) in [4.78, 5) is 8.70. The largest absolute Gasteiger partial charge is 0.485 e. The molecule has 2 aromatic rings. The van der Waals surface area contributed by atoms with Crippen molar-refractivity contribution in [3.05, 3.63) is 36.4 Å². The van der Waals surface area contributed by atoms with Crippen LogP contribution < -0.4 is 20.0 Å². The van der Waals surface area contributed by atoms with Gasteiger partial charge in [-0.25, -0.2) is 4.98 Å². The van der Waals surface area contributed by atoms with Crippen LogP contribution in [0.3, 0.4) is 0 Å². The van der Waals surface area contributed by atoms with Gasteiger partial charge in [-0.05, 0) is 12.1 Å². The Hall–Kier alpha value is -2.72. The molecular weight excluding hydrogens is 356 g/mol. The van der Waals surface area contributed by atoms with E-state index in [1.54, 1.807) is 0 Å². The number of rotatable bonds is 5. The summed E-state index contributed by atoms with van der Waals surface area (Å²) in [7, 11) is 1.25. The zero-order valence-electron chi connectivity index (χ0n) is 12.6. The van der Waals surface area contributed by atoms with Crippen molar-refractivity contribution in [1.29, 1.82) is 0 Å². The average molecular weight is 368 g/mol. The van der Waals surface area contributed by atoms with Gasteiger partial charge in [0.25, 0.3) is 0 Å². The van der Waals surface area contributed by atoms with Gasteiger partial charge in [0.2, 0.25) is 12.0 Å². The summed E-state index contributed by atoms with van der Waals surface area (Å²) in [6.45, 7) is -1.90. The van der Waals surface area contributed by atoms with Crippen LogP contribution in [0.4, 0.5) is 32.0 Å². The number of aromatic nitrogens is 2. The Morgan fingerprint density at radius 3 is 2.40 bits per heavy atom. The van der Waals surface area contributed by atoms with Gasteiger partial charge >= 0.3 is 17.8 Å². The van der Waals surface area contributed by atoms with E-state index in [4.69, 9.17) is 10.6 Å². The van der Waals surface area contributed by atoms with Gasteiger partial charge in [-0.2, -0.15) is 26.3 Å². The van der Waals surface area contributed by atoms with Crippen LogP contribution in [-0.2, 0) is 0 Å². The van der Waals surface area contributed by atoms with Crippen molar-refractivity contribution < 1.29 is 40.6 Å². The summed E-state index contributed by atoms with van der Waals surface area (Å²) in [5, 5.41) is 0. The molecule has 0 unspecified atom stereocenters. The van der Waals surface area contributed by atoms with Gasteiger partial charge in [-0.3, -0.25) is 4.84 Å². The number of pyridine rings is 2. The van der Waals surface area contributed by atoms with Crippen molar-refractivity contribution in [1.82, 2.24) is 4.98 Å². The second kappa shape index (κ2) is 6.65. The highest BCUT2D eigenvalue weighted by Crippen LogP contribution is 2.35. The van der Waals surface area contributed by atoms with E-state index in [0.717, 1.165) is 23.1 Å². The Bertz CT molecular complexity index is 749. The normalized spacial score (nSPS) is 12.1. The maximum atomic E-state index is 14.0. The van der Waals surface area contributed by atoms with Crippen molar-refractivity contribution in [3.63, 3.8) is 0 Å². The third kappa shape index (κ3) is 4.03. The van der Waals surface area contributed by atoms with Gasteiger partial charge in [0, 0.05) is 10.8 Å². The zero-order chi connectivity index (χ0) is 18.8. The first kappa shape index (κ1) is 18.6. The maximum Gasteiger partial charge on any atom is 0.456 e. The fourth-order valence-corrected chi connectivity index (χ4v) is 1.80. The van der Waals surface area contributed by atoms with Gasteiger partial charge < -0.3 is 10.5 Å². The molecule has 0 aliphatic carbocycles. The minimum atomic E-state index is -5.72. The molecule has 0 atom stereocenters. The molecular formula is C14H12F6N3O2+. The van der Waals surface area contributed by atoms with Crippen molar-refractivity contribution in [2.45, 2.75) is 12.1 Å². The lowest BCUT2D eigenvalue weighted by molar-refractivity contribution is -0.877. The van der Waals surface area contributed by atoms with Crippen LogP contribution in [-0.4, -0.2) is 30.8 Å². The van der Waals surface area contributed by atoms with E-state index in [2.05, 4.69) is 9.72 Å². The summed E-state index contributed by atoms with van der Waals surface area (Å²) in [5.41, 5.74) is 5.46. The van der Waals surface area contributed by atoms with Crippen LogP contribution in [0.2, 0.25) is 0 Å². The standard InChI is InChI=1S/C14H12F6N3O2/c1-24-23-6-8(21)4-10(15)12(23)11-3-2-9(5-22-11)25-7-13(16,17)14(18,19)20/h2-6H,7,21H2,1H3/q+1. The molecule has 11 heteroatoms. The molecule has 2 heterocycles. The third-order valence-electron chi connectivity index (χ3n) is 3.02. The molecule has 0 spiro atoms. The molecule has 0 aliphatic rings. The molecule has 0 aromatic carbocycles. The Balaban J connectivity index is 2.22. The van der Waals surface area contributed by atoms with Gasteiger partial charge in [0.05, 0.1) is 6.20 Å². The first-order valence-electron chi connectivity index (χ1n) is 6.64. The molecule has 2 rings (SSSR count). The highest BCUT2D eigenvalue weighted by Gasteiger charge is 2.58. The minimum Gasteiger partial charge on any atom is -0.485 e. The van der Waals surface area contributed by atoms with Crippen molar-refractivity contribution >= 4 is 5.69 Å². The molecule has 2 N–H and O–H groups in total. The molecule has 2 aromatic heterocycles. The molecule has 5 nitrogen and oxygen atoms in total. The summed E-state index contributed by atoms with van der Waals surface area (Å²) in [6.07, 6.45) is -3.57. The van der Waals surface area contributed by atoms with E-state index in [1.807, 2.05) is 0 Å². The molecule has 0 aliphatic heterocycles. The average Bonchev–Trinajstić information content (AvgIpc) is 2.52. The van der Waals surface area contributed by atoms with Crippen LogP contribution in [0.25, 0.3) is 11.4 Å². The van der Waals surface area contributed by atoms with Crippen LogP contribution >= 0.6 is 0 Å². The number of halogens is 6. The highest BCUT2D eigenvalue weighted by molar-refractivity contribution is 5.54. The third-order valence-corrected chi connectivity index (χ3v) is 3.02. The molecule has 0 amide bonds. The lowest BCUT2D eigenvalue weighted by Crippen LogP contribution is -2.43. The number of nitrogens with zero attached hydrogens (tertiary/aromatic N) is 2. The van der Waals surface area contributed by atoms with Crippen LogP contribution in [0.5, 0.6) is 5.75 Å². The van der Waals surface area contributed by atoms with Crippen LogP contribution in [0.1, 0.15) is 0 Å². The van der Waals surface area contributed by atoms with Crippen molar-refractivity contribution in [3.8, 4) is 17.1 Å². The first-order chi connectivity index (χ1) is 11.5. The van der Waals surface area contributed by atoms with E-state index in [0.29, 0.717) is 0 Å². The molecule has 0 radical (unpaired) electrons. The number of hydrogen-bond donors (Lipinski definition) is 1. The number of alkyl halides is 5. The summed E-state index contributed by atoms with van der Waals surface area (Å²) in [5.74, 6) is -6.12. The van der Waals surface area contributed by atoms with Crippen molar-refractivity contribution in [2.24, 2.45) is 0 Å². The second-order valence-electron chi connectivity index (χ2n) is 4.85. The number of anilines is 1. The fraction of sp³-hybridized carbons (Fsp3) is 0.286. The number of hydrogen-bond acceptors (Lipinski definition) is 4. The second-order valence-corrected chi connectivity index (χ2v) is 4.85. The SMILES string of the molecule is CO[n+]1cc(N)cc(F)c1-c1ccc(OCC(F)(F)C(F)(F)F)cn1. The smallest absolute Gasteiger partial charge is 0.456 e.